The van der Waals surface area contributed by atoms with Gasteiger partial charge in [0.05, 0.1) is 7.11 Å². The van der Waals surface area contributed by atoms with Gasteiger partial charge in [0.15, 0.2) is 11.5 Å². The molecule has 0 unspecified atom stereocenters. The van der Waals surface area contributed by atoms with Crippen LogP contribution >= 0.6 is 0 Å². The van der Waals surface area contributed by atoms with Gasteiger partial charge in [0.2, 0.25) is 0 Å². The van der Waals surface area contributed by atoms with E-state index in [2.05, 4.69) is 20.8 Å². The third-order valence-corrected chi connectivity index (χ3v) is 2.33. The van der Waals surface area contributed by atoms with Gasteiger partial charge >= 0.3 is 0 Å². The van der Waals surface area contributed by atoms with E-state index in [1.807, 2.05) is 13.0 Å². The number of aromatic hydroxyl groups is 1. The lowest BCUT2D eigenvalue weighted by atomic mass is 9.84. The van der Waals surface area contributed by atoms with E-state index in [4.69, 9.17) is 4.74 Å². The second-order valence-electron chi connectivity index (χ2n) is 4.59. The zero-order valence-corrected chi connectivity index (χ0v) is 9.51. The van der Waals surface area contributed by atoms with E-state index in [-0.39, 0.29) is 11.2 Å². The van der Waals surface area contributed by atoms with Gasteiger partial charge in [-0.05, 0) is 35.6 Å². The third-order valence-electron chi connectivity index (χ3n) is 2.33. The van der Waals surface area contributed by atoms with Crippen LogP contribution in [0.2, 0.25) is 0 Å². The third kappa shape index (κ3) is 2.00. The highest BCUT2D eigenvalue weighted by Crippen LogP contribution is 2.34. The molecule has 1 aromatic rings. The number of benzene rings is 1. The van der Waals surface area contributed by atoms with Crippen molar-refractivity contribution in [3.8, 4) is 11.5 Å². The van der Waals surface area contributed by atoms with Crippen LogP contribution in [-0.4, -0.2) is 12.2 Å². The second kappa shape index (κ2) is 3.52. The Labute approximate surface area is 85.5 Å². The molecule has 0 aliphatic rings. The van der Waals surface area contributed by atoms with Crippen LogP contribution in [0.15, 0.2) is 12.1 Å². The number of rotatable bonds is 1. The number of methoxy groups -OCH3 is 1. The standard InChI is InChI=1S/C12H18O2/c1-8-6-10(13)11(14-5)7-9(8)12(2,3)4/h6-7,13H,1-5H3. The Morgan fingerprint density at radius 2 is 1.79 bits per heavy atom. The van der Waals surface area contributed by atoms with Gasteiger partial charge in [-0.15, -0.1) is 0 Å². The van der Waals surface area contributed by atoms with Crippen molar-refractivity contribution in [2.75, 3.05) is 7.11 Å². The first-order valence-corrected chi connectivity index (χ1v) is 4.74. The van der Waals surface area contributed by atoms with E-state index in [0.29, 0.717) is 5.75 Å². The summed E-state index contributed by atoms with van der Waals surface area (Å²) in [5, 5.41) is 9.56. The largest absolute Gasteiger partial charge is 0.504 e. The van der Waals surface area contributed by atoms with Crippen LogP contribution in [0, 0.1) is 6.92 Å². The SMILES string of the molecule is COc1cc(C(C)(C)C)c(C)cc1O. The highest BCUT2D eigenvalue weighted by atomic mass is 16.5. The van der Waals surface area contributed by atoms with Crippen molar-refractivity contribution in [1.29, 1.82) is 0 Å². The molecule has 0 bridgehead atoms. The van der Waals surface area contributed by atoms with Crippen molar-refractivity contribution < 1.29 is 9.84 Å². The fraction of sp³-hybridized carbons (Fsp3) is 0.500. The van der Waals surface area contributed by atoms with E-state index >= 15 is 0 Å². The molecule has 0 aliphatic heterocycles. The van der Waals surface area contributed by atoms with E-state index in [1.54, 1.807) is 13.2 Å². The molecule has 0 amide bonds. The molecule has 2 nitrogen and oxygen atoms in total. The zero-order chi connectivity index (χ0) is 10.9. The van der Waals surface area contributed by atoms with Gasteiger partial charge < -0.3 is 9.84 Å². The summed E-state index contributed by atoms with van der Waals surface area (Å²) in [6.45, 7) is 8.43. The number of phenolic OH excluding ortho intramolecular Hbond substituents is 1. The highest BCUT2D eigenvalue weighted by Gasteiger charge is 2.18. The Hall–Kier alpha value is -1.18. The van der Waals surface area contributed by atoms with Crippen molar-refractivity contribution in [1.82, 2.24) is 0 Å². The van der Waals surface area contributed by atoms with Crippen LogP contribution in [-0.2, 0) is 5.41 Å². The molecular formula is C12H18O2. The summed E-state index contributed by atoms with van der Waals surface area (Å²) in [6.07, 6.45) is 0. The summed E-state index contributed by atoms with van der Waals surface area (Å²) < 4.78 is 5.09. The van der Waals surface area contributed by atoms with Crippen LogP contribution < -0.4 is 4.74 Å². The Kier molecular flexibility index (Phi) is 2.74. The summed E-state index contributed by atoms with van der Waals surface area (Å²) in [5.41, 5.74) is 2.37. The Morgan fingerprint density at radius 3 is 2.21 bits per heavy atom. The topological polar surface area (TPSA) is 29.5 Å². The van der Waals surface area contributed by atoms with E-state index < -0.39 is 0 Å². The maximum Gasteiger partial charge on any atom is 0.160 e. The summed E-state index contributed by atoms with van der Waals surface area (Å²) in [7, 11) is 1.57. The van der Waals surface area contributed by atoms with Crippen LogP contribution in [0.4, 0.5) is 0 Å². The van der Waals surface area contributed by atoms with Gasteiger partial charge in [-0.3, -0.25) is 0 Å². The molecule has 1 aromatic carbocycles. The molecule has 0 saturated heterocycles. The zero-order valence-electron chi connectivity index (χ0n) is 9.51. The average molecular weight is 194 g/mol. The first-order valence-electron chi connectivity index (χ1n) is 4.74. The van der Waals surface area contributed by atoms with Gasteiger partial charge in [-0.2, -0.15) is 0 Å². The van der Waals surface area contributed by atoms with Gasteiger partial charge in [-0.25, -0.2) is 0 Å². The molecule has 0 aliphatic carbocycles. The molecular weight excluding hydrogens is 176 g/mol. The maximum atomic E-state index is 9.56. The van der Waals surface area contributed by atoms with Gasteiger partial charge in [-0.1, -0.05) is 20.8 Å². The highest BCUT2D eigenvalue weighted by molar-refractivity contribution is 5.48. The molecule has 0 saturated carbocycles. The number of hydrogen-bond acceptors (Lipinski definition) is 2. The second-order valence-corrected chi connectivity index (χ2v) is 4.59. The first-order chi connectivity index (χ1) is 6.36. The fourth-order valence-corrected chi connectivity index (χ4v) is 1.64. The first kappa shape index (κ1) is 10.9. The molecule has 78 valence electrons. The lowest BCUT2D eigenvalue weighted by molar-refractivity contribution is 0.371. The lowest BCUT2D eigenvalue weighted by Crippen LogP contribution is -2.13. The van der Waals surface area contributed by atoms with Crippen LogP contribution in [0.3, 0.4) is 0 Å². The predicted molar refractivity (Wildman–Crippen MR) is 58.1 cm³/mol. The molecule has 0 radical (unpaired) electrons. The Balaban J connectivity index is 3.32. The van der Waals surface area contributed by atoms with Crippen LogP contribution in [0.5, 0.6) is 11.5 Å². The predicted octanol–water partition coefficient (Wildman–Crippen LogP) is 3.01. The number of aryl methyl sites for hydroxylation is 1. The molecule has 1 rings (SSSR count). The summed E-state index contributed by atoms with van der Waals surface area (Å²) in [4.78, 5) is 0. The van der Waals surface area contributed by atoms with Crippen molar-refractivity contribution in [2.45, 2.75) is 33.1 Å². The molecule has 0 spiro atoms. The summed E-state index contributed by atoms with van der Waals surface area (Å²) in [6, 6.07) is 3.66. The number of ether oxygens (including phenoxy) is 1. The van der Waals surface area contributed by atoms with Gasteiger partial charge in [0.1, 0.15) is 0 Å². The molecule has 0 fully saturated rings. The quantitative estimate of drug-likeness (QED) is 0.744. The smallest absolute Gasteiger partial charge is 0.160 e. The molecule has 0 heterocycles. The van der Waals surface area contributed by atoms with Crippen molar-refractivity contribution in [2.24, 2.45) is 0 Å². The average Bonchev–Trinajstić information content (AvgIpc) is 2.02. The molecule has 0 aromatic heterocycles. The van der Waals surface area contributed by atoms with Crippen molar-refractivity contribution in [3.63, 3.8) is 0 Å². The Bertz CT molecular complexity index is 335. The number of phenols is 1. The molecule has 0 atom stereocenters. The van der Waals surface area contributed by atoms with E-state index in [1.165, 1.54) is 5.56 Å². The summed E-state index contributed by atoms with van der Waals surface area (Å²) in [5.74, 6) is 0.749. The minimum absolute atomic E-state index is 0.0745. The molecule has 2 heteroatoms. The fourth-order valence-electron chi connectivity index (χ4n) is 1.64. The van der Waals surface area contributed by atoms with Crippen molar-refractivity contribution >= 4 is 0 Å². The van der Waals surface area contributed by atoms with E-state index in [0.717, 1.165) is 5.56 Å². The summed E-state index contributed by atoms with van der Waals surface area (Å²) >= 11 is 0. The minimum Gasteiger partial charge on any atom is -0.504 e. The van der Waals surface area contributed by atoms with Gasteiger partial charge in [0.25, 0.3) is 0 Å². The normalized spacial score (nSPS) is 11.5. The van der Waals surface area contributed by atoms with Crippen LogP contribution in [0.1, 0.15) is 31.9 Å². The van der Waals surface area contributed by atoms with E-state index in [9.17, 15) is 5.11 Å². The minimum atomic E-state index is 0.0745. The molecule has 14 heavy (non-hydrogen) atoms. The number of hydrogen-bond donors (Lipinski definition) is 1. The monoisotopic (exact) mass is 194 g/mol. The van der Waals surface area contributed by atoms with Crippen molar-refractivity contribution in [3.05, 3.63) is 23.3 Å². The van der Waals surface area contributed by atoms with Crippen LogP contribution in [0.25, 0.3) is 0 Å². The van der Waals surface area contributed by atoms with Gasteiger partial charge in [0, 0.05) is 0 Å². The maximum absolute atomic E-state index is 9.56. The molecule has 1 N–H and O–H groups in total. The lowest BCUT2D eigenvalue weighted by Gasteiger charge is -2.22. The Morgan fingerprint density at radius 1 is 1.21 bits per heavy atom.